The number of anilines is 1. The van der Waals surface area contributed by atoms with Gasteiger partial charge in [-0.1, -0.05) is 12.1 Å². The Kier molecular flexibility index (Phi) is 2.31. The van der Waals surface area contributed by atoms with Gasteiger partial charge in [-0.2, -0.15) is 4.37 Å². The molecule has 1 saturated heterocycles. The largest absolute Gasteiger partial charge is 0.365 e. The van der Waals surface area contributed by atoms with Crippen LogP contribution in [0.25, 0.3) is 10.1 Å². The molecule has 0 saturated carbocycles. The molecule has 3 rings (SSSR count). The molecule has 2 aromatic rings. The number of hydrogen-bond acceptors (Lipinski definition) is 4. The number of hydrogen-bond donors (Lipinski definition) is 2. The molecule has 0 unspecified atom stereocenters. The van der Waals surface area contributed by atoms with Gasteiger partial charge in [-0.15, -0.1) is 0 Å². The first-order valence-electron chi connectivity index (χ1n) is 5.25. The topological polar surface area (TPSA) is 37.0 Å². The van der Waals surface area contributed by atoms with Crippen LogP contribution in [0.1, 0.15) is 6.42 Å². The number of rotatable bonds is 2. The van der Waals surface area contributed by atoms with Gasteiger partial charge in [0.05, 0.1) is 4.70 Å². The fourth-order valence-corrected chi connectivity index (χ4v) is 2.70. The van der Waals surface area contributed by atoms with Crippen molar-refractivity contribution in [2.24, 2.45) is 0 Å². The van der Waals surface area contributed by atoms with E-state index in [2.05, 4.69) is 39.3 Å². The average molecular weight is 219 g/mol. The fourth-order valence-electron chi connectivity index (χ4n) is 1.96. The van der Waals surface area contributed by atoms with Crippen molar-refractivity contribution < 1.29 is 0 Å². The van der Waals surface area contributed by atoms with Crippen molar-refractivity contribution in [3.63, 3.8) is 0 Å². The molecule has 1 aliphatic heterocycles. The van der Waals surface area contributed by atoms with E-state index in [-0.39, 0.29) is 0 Å². The molecule has 4 heteroatoms. The van der Waals surface area contributed by atoms with Gasteiger partial charge in [-0.05, 0) is 36.6 Å². The van der Waals surface area contributed by atoms with Gasteiger partial charge in [0.2, 0.25) is 0 Å². The monoisotopic (exact) mass is 219 g/mol. The van der Waals surface area contributed by atoms with E-state index in [1.165, 1.54) is 16.5 Å². The van der Waals surface area contributed by atoms with Crippen molar-refractivity contribution in [1.29, 1.82) is 0 Å². The molecule has 0 radical (unpaired) electrons. The van der Waals surface area contributed by atoms with Gasteiger partial charge >= 0.3 is 0 Å². The highest BCUT2D eigenvalue weighted by Gasteiger charge is 2.16. The Balaban J connectivity index is 1.90. The first kappa shape index (κ1) is 9.12. The lowest BCUT2D eigenvalue weighted by Gasteiger charge is -2.09. The van der Waals surface area contributed by atoms with Crippen LogP contribution in [0.15, 0.2) is 24.3 Å². The summed E-state index contributed by atoms with van der Waals surface area (Å²) in [4.78, 5) is 0. The van der Waals surface area contributed by atoms with Crippen LogP contribution in [0.5, 0.6) is 0 Å². The van der Waals surface area contributed by atoms with E-state index in [0.717, 1.165) is 18.9 Å². The van der Waals surface area contributed by atoms with Gasteiger partial charge in [0, 0.05) is 18.0 Å². The third kappa shape index (κ3) is 1.70. The maximum absolute atomic E-state index is 4.46. The molecule has 0 spiro atoms. The summed E-state index contributed by atoms with van der Waals surface area (Å²) in [5, 5.41) is 8.09. The van der Waals surface area contributed by atoms with Gasteiger partial charge in [0.25, 0.3) is 0 Å². The van der Waals surface area contributed by atoms with Gasteiger partial charge in [0.15, 0.2) is 0 Å². The Hall–Kier alpha value is -1.13. The molecule has 3 nitrogen and oxygen atoms in total. The molecular formula is C11H13N3S. The average Bonchev–Trinajstić information content (AvgIpc) is 2.89. The third-order valence-electron chi connectivity index (χ3n) is 2.78. The van der Waals surface area contributed by atoms with Crippen molar-refractivity contribution in [1.82, 2.24) is 9.69 Å². The summed E-state index contributed by atoms with van der Waals surface area (Å²) in [6.07, 6.45) is 1.19. The zero-order valence-electron chi connectivity index (χ0n) is 8.36. The molecule has 78 valence electrons. The molecule has 1 aliphatic rings. The molecule has 2 heterocycles. The molecule has 1 atom stereocenters. The number of nitrogens with one attached hydrogen (secondary N) is 2. The molecule has 1 aromatic carbocycles. The van der Waals surface area contributed by atoms with Crippen LogP contribution in [0.3, 0.4) is 0 Å². The highest BCUT2D eigenvalue weighted by Crippen LogP contribution is 2.27. The molecule has 15 heavy (non-hydrogen) atoms. The smallest absolute Gasteiger partial charge is 0.147 e. The van der Waals surface area contributed by atoms with Gasteiger partial charge in [-0.3, -0.25) is 0 Å². The van der Waals surface area contributed by atoms with Crippen LogP contribution in [0.4, 0.5) is 5.82 Å². The summed E-state index contributed by atoms with van der Waals surface area (Å²) in [7, 11) is 0. The minimum atomic E-state index is 0.538. The highest BCUT2D eigenvalue weighted by molar-refractivity contribution is 7.13. The lowest BCUT2D eigenvalue weighted by molar-refractivity contribution is 0.791. The molecular weight excluding hydrogens is 206 g/mol. The van der Waals surface area contributed by atoms with Crippen molar-refractivity contribution in [2.45, 2.75) is 12.5 Å². The van der Waals surface area contributed by atoms with Crippen LogP contribution in [0, 0.1) is 0 Å². The summed E-state index contributed by atoms with van der Waals surface area (Å²) in [6, 6.07) is 8.90. The normalized spacial score (nSPS) is 20.9. The number of nitrogens with zero attached hydrogens (tertiary/aromatic N) is 1. The lowest BCUT2D eigenvalue weighted by Crippen LogP contribution is -2.22. The van der Waals surface area contributed by atoms with Gasteiger partial charge in [0.1, 0.15) is 5.82 Å². The Morgan fingerprint density at radius 3 is 3.20 bits per heavy atom. The maximum atomic E-state index is 4.46. The van der Waals surface area contributed by atoms with Crippen LogP contribution < -0.4 is 10.6 Å². The summed E-state index contributed by atoms with van der Waals surface area (Å²) in [5.74, 6) is 1.05. The second-order valence-corrected chi connectivity index (χ2v) is 4.67. The zero-order valence-corrected chi connectivity index (χ0v) is 9.18. The second-order valence-electron chi connectivity index (χ2n) is 3.86. The van der Waals surface area contributed by atoms with Crippen molar-refractivity contribution in [3.05, 3.63) is 24.3 Å². The van der Waals surface area contributed by atoms with E-state index in [0.29, 0.717) is 6.04 Å². The van der Waals surface area contributed by atoms with E-state index >= 15 is 0 Å². The summed E-state index contributed by atoms with van der Waals surface area (Å²) in [6.45, 7) is 2.16. The number of aromatic nitrogens is 1. The molecule has 0 bridgehead atoms. The van der Waals surface area contributed by atoms with Gasteiger partial charge in [-0.25, -0.2) is 0 Å². The summed E-state index contributed by atoms with van der Waals surface area (Å²) < 4.78 is 5.72. The van der Waals surface area contributed by atoms with Crippen molar-refractivity contribution in [3.8, 4) is 0 Å². The molecule has 1 fully saturated rings. The number of benzene rings is 1. The Morgan fingerprint density at radius 1 is 1.40 bits per heavy atom. The summed E-state index contributed by atoms with van der Waals surface area (Å²) in [5.41, 5.74) is 0. The fraction of sp³-hybridized carbons (Fsp3) is 0.364. The molecule has 1 aromatic heterocycles. The lowest BCUT2D eigenvalue weighted by atomic mass is 10.2. The van der Waals surface area contributed by atoms with Crippen LogP contribution in [0.2, 0.25) is 0 Å². The minimum Gasteiger partial charge on any atom is -0.365 e. The van der Waals surface area contributed by atoms with E-state index < -0.39 is 0 Å². The van der Waals surface area contributed by atoms with E-state index in [4.69, 9.17) is 0 Å². The van der Waals surface area contributed by atoms with Crippen molar-refractivity contribution >= 4 is 27.4 Å². The molecule has 2 N–H and O–H groups in total. The second kappa shape index (κ2) is 3.79. The molecule has 0 aliphatic carbocycles. The highest BCUT2D eigenvalue weighted by atomic mass is 32.1. The Labute approximate surface area is 92.7 Å². The predicted octanol–water partition coefficient (Wildman–Crippen LogP) is 2.07. The first-order chi connectivity index (χ1) is 7.43. The predicted molar refractivity (Wildman–Crippen MR) is 64.5 cm³/mol. The maximum Gasteiger partial charge on any atom is 0.147 e. The Morgan fingerprint density at radius 2 is 2.33 bits per heavy atom. The quantitative estimate of drug-likeness (QED) is 0.812. The van der Waals surface area contributed by atoms with Gasteiger partial charge < -0.3 is 10.6 Å². The Bertz CT molecular complexity index is 460. The van der Waals surface area contributed by atoms with Crippen molar-refractivity contribution in [2.75, 3.05) is 18.4 Å². The standard InChI is InChI=1S/C11H13N3S/c1-2-4-10-9(3-1)11(14-15-10)13-8-5-6-12-7-8/h1-4,8,12H,5-7H2,(H,13,14)/t8-/m0/s1. The first-order valence-corrected chi connectivity index (χ1v) is 6.02. The van der Waals surface area contributed by atoms with E-state index in [1.807, 2.05) is 0 Å². The zero-order chi connectivity index (χ0) is 10.1. The van der Waals surface area contributed by atoms with Crippen LogP contribution >= 0.6 is 11.5 Å². The van der Waals surface area contributed by atoms with Crippen LogP contribution in [-0.4, -0.2) is 23.5 Å². The minimum absolute atomic E-state index is 0.538. The van der Waals surface area contributed by atoms with E-state index in [9.17, 15) is 0 Å². The summed E-state index contributed by atoms with van der Waals surface area (Å²) >= 11 is 1.56. The molecule has 0 amide bonds. The number of fused-ring (bicyclic) bond motifs is 1. The third-order valence-corrected chi connectivity index (χ3v) is 3.61. The van der Waals surface area contributed by atoms with Crippen LogP contribution in [-0.2, 0) is 0 Å². The van der Waals surface area contributed by atoms with E-state index in [1.54, 1.807) is 11.5 Å². The SMILES string of the molecule is c1ccc2c(N[C@H]3CCNC3)nsc2c1.